The molecule has 0 aromatic rings. The highest BCUT2D eigenvalue weighted by Crippen LogP contribution is 2.51. The van der Waals surface area contributed by atoms with Gasteiger partial charge in [0.15, 0.2) is 0 Å². The predicted molar refractivity (Wildman–Crippen MR) is 116 cm³/mol. The fourth-order valence-electron chi connectivity index (χ4n) is 3.05. The second-order valence-electron chi connectivity index (χ2n) is 6.80. The molecule has 1 fully saturated rings. The highest BCUT2D eigenvalue weighted by Gasteiger charge is 2.59. The Morgan fingerprint density at radius 3 is 2.31 bits per heavy atom. The molecule has 2 aliphatic heterocycles. The maximum absolute atomic E-state index is 12.9. The van der Waals surface area contributed by atoms with Crippen molar-refractivity contribution >= 4 is 35.9 Å². The quantitative estimate of drug-likeness (QED) is 0.196. The van der Waals surface area contributed by atoms with Crippen molar-refractivity contribution in [1.29, 1.82) is 0 Å². The largest absolute Gasteiger partial charge is 0.508 e. The van der Waals surface area contributed by atoms with Crippen LogP contribution in [0.5, 0.6) is 0 Å². The van der Waals surface area contributed by atoms with Crippen LogP contribution in [0.25, 0.3) is 0 Å². The van der Waals surface area contributed by atoms with E-state index in [1.807, 2.05) is 0 Å². The molecule has 0 spiro atoms. The Labute approximate surface area is 190 Å². The molecule has 0 unspecified atom stereocenters. The summed E-state index contributed by atoms with van der Waals surface area (Å²) in [6.07, 6.45) is 1.90. The summed E-state index contributed by atoms with van der Waals surface area (Å²) in [5.74, 6) is -1.81. The van der Waals surface area contributed by atoms with Crippen molar-refractivity contribution < 1.29 is 38.1 Å². The second kappa shape index (κ2) is 11.4. The van der Waals surface area contributed by atoms with Crippen molar-refractivity contribution in [1.82, 2.24) is 9.80 Å². The fourth-order valence-corrected chi connectivity index (χ4v) is 4.70. The number of amides is 2. The van der Waals surface area contributed by atoms with Gasteiger partial charge in [0, 0.05) is 12.0 Å². The van der Waals surface area contributed by atoms with E-state index in [0.29, 0.717) is 4.91 Å². The van der Waals surface area contributed by atoms with Gasteiger partial charge in [-0.2, -0.15) is 0 Å². The van der Waals surface area contributed by atoms with E-state index in [1.165, 1.54) is 46.8 Å². The van der Waals surface area contributed by atoms with E-state index in [9.17, 15) is 19.2 Å². The zero-order valence-electron chi connectivity index (χ0n) is 18.0. The Balaban J connectivity index is 2.17. The summed E-state index contributed by atoms with van der Waals surface area (Å²) < 4.78 is 20.1. The average Bonchev–Trinajstić information content (AvgIpc) is 3.07. The van der Waals surface area contributed by atoms with Crippen molar-refractivity contribution in [3.8, 4) is 0 Å². The number of thioether (sulfide) groups is 1. The Bertz CT molecular complexity index is 840. The van der Waals surface area contributed by atoms with Gasteiger partial charge in [-0.05, 0) is 6.92 Å². The third kappa shape index (κ3) is 5.52. The van der Waals surface area contributed by atoms with Crippen LogP contribution in [0, 0.1) is 5.92 Å². The monoisotopic (exact) mass is 466 g/mol. The summed E-state index contributed by atoms with van der Waals surface area (Å²) in [6, 6.07) is 0. The van der Waals surface area contributed by atoms with Crippen LogP contribution in [0.2, 0.25) is 0 Å². The molecule has 0 saturated carbocycles. The summed E-state index contributed by atoms with van der Waals surface area (Å²) in [6.45, 7) is 12.0. The molecule has 10 nitrogen and oxygen atoms in total. The number of fused-ring (bicyclic) bond motifs is 1. The van der Waals surface area contributed by atoms with Gasteiger partial charge in [-0.1, -0.05) is 49.7 Å². The number of esters is 1. The van der Waals surface area contributed by atoms with Gasteiger partial charge >= 0.3 is 18.2 Å². The molecule has 0 aromatic carbocycles. The molecule has 0 aromatic heterocycles. The molecule has 11 heteroatoms. The number of nitrogens with zero attached hydrogens (tertiary/aromatic N) is 2. The number of hydrogen-bond acceptors (Lipinski definition) is 9. The van der Waals surface area contributed by atoms with Gasteiger partial charge < -0.3 is 23.8 Å². The maximum Gasteiger partial charge on any atom is 0.508 e. The molecule has 174 valence electrons. The molecule has 2 rings (SSSR count). The zero-order chi connectivity index (χ0) is 23.8. The fraction of sp³-hybridized carbons (Fsp3) is 0.429. The Kier molecular flexibility index (Phi) is 8.94. The molecule has 0 N–H and O–H groups in total. The molecular formula is C21H26N2O8S. The lowest BCUT2D eigenvalue weighted by Crippen LogP contribution is -2.61. The molecule has 2 amide bonds. The molecule has 1 saturated heterocycles. The third-order valence-corrected chi connectivity index (χ3v) is 5.85. The highest BCUT2D eigenvalue weighted by atomic mass is 32.2. The summed E-state index contributed by atoms with van der Waals surface area (Å²) in [7, 11) is 1.50. The van der Waals surface area contributed by atoms with Crippen molar-refractivity contribution in [2.45, 2.75) is 18.4 Å². The lowest BCUT2D eigenvalue weighted by molar-refractivity contribution is -0.158. The minimum Gasteiger partial charge on any atom is -0.457 e. The average molecular weight is 467 g/mol. The van der Waals surface area contributed by atoms with Crippen molar-refractivity contribution in [3.63, 3.8) is 0 Å². The Hall–Kier alpha value is -3.21. The number of ether oxygens (including phenoxy) is 4. The maximum atomic E-state index is 12.9. The summed E-state index contributed by atoms with van der Waals surface area (Å²) in [4.78, 5) is 52.4. The van der Waals surface area contributed by atoms with Gasteiger partial charge in [0.05, 0.1) is 6.54 Å². The van der Waals surface area contributed by atoms with E-state index in [4.69, 9.17) is 18.9 Å². The molecule has 32 heavy (non-hydrogen) atoms. The number of carbonyl (C=O) groups is 4. The minimum atomic E-state index is -0.921. The van der Waals surface area contributed by atoms with Crippen LogP contribution in [-0.2, 0) is 28.5 Å². The summed E-state index contributed by atoms with van der Waals surface area (Å²) >= 11 is 1.23. The van der Waals surface area contributed by atoms with E-state index in [-0.39, 0.29) is 32.1 Å². The van der Waals surface area contributed by atoms with Gasteiger partial charge in [-0.25, -0.2) is 14.4 Å². The van der Waals surface area contributed by atoms with Crippen LogP contribution in [0.1, 0.15) is 6.92 Å². The SMILES string of the molecule is C=CCOC(=O)O[C@H](C)[C@H]1C(=O)N2C(C(=O)OCC=C)=C(CN(C)C(=O)OCC=C)S[C@H]12. The van der Waals surface area contributed by atoms with E-state index < -0.39 is 41.5 Å². The number of rotatable bonds is 11. The summed E-state index contributed by atoms with van der Waals surface area (Å²) in [5.41, 5.74) is 0.0490. The van der Waals surface area contributed by atoms with Crippen molar-refractivity contribution in [2.75, 3.05) is 33.4 Å². The van der Waals surface area contributed by atoms with Crippen LogP contribution in [0.3, 0.4) is 0 Å². The van der Waals surface area contributed by atoms with Crippen molar-refractivity contribution in [3.05, 3.63) is 48.6 Å². The van der Waals surface area contributed by atoms with Crippen LogP contribution in [0.4, 0.5) is 9.59 Å². The standard InChI is InChI=1S/C21H26N2O8S/c1-6-9-28-19(25)16-14(12-22(5)20(26)29-10-7-2)32-18-15(17(24)23(16)18)13(4)31-21(27)30-11-8-3/h6-8,13,15,18H,1-3,9-12H2,4-5H3/t13-,15+,18-/m1/s1. The van der Waals surface area contributed by atoms with E-state index >= 15 is 0 Å². The molecule has 0 aliphatic carbocycles. The topological polar surface area (TPSA) is 112 Å². The first-order valence-corrected chi connectivity index (χ1v) is 10.6. The number of carbonyl (C=O) groups excluding carboxylic acids is 4. The number of likely N-dealkylation sites (N-methyl/N-ethyl adjacent to an activating group) is 1. The molecular weight excluding hydrogens is 440 g/mol. The van der Waals surface area contributed by atoms with Crippen molar-refractivity contribution in [2.24, 2.45) is 5.92 Å². The first-order valence-electron chi connectivity index (χ1n) is 9.70. The summed E-state index contributed by atoms with van der Waals surface area (Å²) in [5, 5.41) is -0.497. The molecule has 0 radical (unpaired) electrons. The zero-order valence-corrected chi connectivity index (χ0v) is 18.8. The third-order valence-electron chi connectivity index (χ3n) is 4.50. The van der Waals surface area contributed by atoms with Gasteiger partial charge in [-0.3, -0.25) is 9.69 Å². The molecule has 2 heterocycles. The predicted octanol–water partition coefficient (Wildman–Crippen LogP) is 2.44. The van der Waals surface area contributed by atoms with E-state index in [2.05, 4.69) is 19.7 Å². The van der Waals surface area contributed by atoms with E-state index in [0.717, 1.165) is 0 Å². The number of β-lactam (4-membered cyclic amide) rings is 1. The van der Waals surface area contributed by atoms with Gasteiger partial charge in [-0.15, -0.1) is 0 Å². The lowest BCUT2D eigenvalue weighted by atomic mass is 9.92. The van der Waals surface area contributed by atoms with Crippen LogP contribution in [0.15, 0.2) is 48.6 Å². The van der Waals surface area contributed by atoms with Gasteiger partial charge in [0.25, 0.3) is 0 Å². The molecule has 2 aliphatic rings. The van der Waals surface area contributed by atoms with Crippen LogP contribution in [-0.4, -0.2) is 78.8 Å². The van der Waals surface area contributed by atoms with E-state index in [1.54, 1.807) is 6.92 Å². The van der Waals surface area contributed by atoms with Crippen LogP contribution < -0.4 is 0 Å². The smallest absolute Gasteiger partial charge is 0.457 e. The lowest BCUT2D eigenvalue weighted by Gasteiger charge is -2.44. The normalized spacial score (nSPS) is 19.8. The second-order valence-corrected chi connectivity index (χ2v) is 8.01. The van der Waals surface area contributed by atoms with Crippen LogP contribution >= 0.6 is 11.8 Å². The molecule has 3 atom stereocenters. The number of hydrogen-bond donors (Lipinski definition) is 0. The Morgan fingerprint density at radius 2 is 1.69 bits per heavy atom. The van der Waals surface area contributed by atoms with Gasteiger partial charge in [0.2, 0.25) is 5.91 Å². The first-order chi connectivity index (χ1) is 15.3. The van der Waals surface area contributed by atoms with Gasteiger partial charge in [0.1, 0.15) is 42.9 Å². The highest BCUT2D eigenvalue weighted by molar-refractivity contribution is 8.04. The minimum absolute atomic E-state index is 0.0166. The molecule has 0 bridgehead atoms. The first kappa shape index (κ1) is 25.1. The Morgan fingerprint density at radius 1 is 1.09 bits per heavy atom.